The van der Waals surface area contributed by atoms with E-state index in [0.717, 1.165) is 13.0 Å². The van der Waals surface area contributed by atoms with Crippen molar-refractivity contribution in [2.24, 2.45) is 5.73 Å². The number of nitrogens with two attached hydrogens (primary N) is 1. The summed E-state index contributed by atoms with van der Waals surface area (Å²) in [7, 11) is 1.81. The summed E-state index contributed by atoms with van der Waals surface area (Å²) in [4.78, 5) is 2.52. The Balaban J connectivity index is 2.23. The van der Waals surface area contributed by atoms with Gasteiger partial charge in [0.1, 0.15) is 0 Å². The van der Waals surface area contributed by atoms with Gasteiger partial charge in [0.25, 0.3) is 0 Å². The average Bonchev–Trinajstić information content (AvgIpc) is 2.18. The van der Waals surface area contributed by atoms with Gasteiger partial charge in [0, 0.05) is 26.2 Å². The minimum Gasteiger partial charge on any atom is -0.381 e. The van der Waals surface area contributed by atoms with E-state index in [2.05, 4.69) is 11.8 Å². The highest BCUT2D eigenvalue weighted by atomic mass is 16.5. The number of rotatable bonds is 4. The van der Waals surface area contributed by atoms with Crippen LogP contribution >= 0.6 is 0 Å². The maximum atomic E-state index is 5.54. The van der Waals surface area contributed by atoms with Crippen molar-refractivity contribution in [2.75, 3.05) is 26.7 Å². The van der Waals surface area contributed by atoms with Crippen molar-refractivity contribution in [3.63, 3.8) is 0 Å². The van der Waals surface area contributed by atoms with Gasteiger partial charge in [-0.15, -0.1) is 0 Å². The van der Waals surface area contributed by atoms with E-state index in [-0.39, 0.29) is 0 Å². The second-order valence-corrected chi connectivity index (χ2v) is 3.90. The summed E-state index contributed by atoms with van der Waals surface area (Å²) in [5, 5.41) is 0. The lowest BCUT2D eigenvalue weighted by Gasteiger charge is -2.35. The first-order chi connectivity index (χ1) is 6.27. The third kappa shape index (κ3) is 3.25. The van der Waals surface area contributed by atoms with Gasteiger partial charge in [-0.05, 0) is 32.7 Å². The van der Waals surface area contributed by atoms with Crippen LogP contribution in [0.15, 0.2) is 0 Å². The Kier molecular flexibility index (Phi) is 4.70. The van der Waals surface area contributed by atoms with Gasteiger partial charge >= 0.3 is 0 Å². The molecule has 1 aliphatic rings. The number of ether oxygens (including phenoxy) is 1. The molecule has 0 aliphatic carbocycles. The summed E-state index contributed by atoms with van der Waals surface area (Å²) in [5.41, 5.74) is 5.54. The minimum atomic E-state index is 0.487. The van der Waals surface area contributed by atoms with E-state index >= 15 is 0 Å². The van der Waals surface area contributed by atoms with Crippen molar-refractivity contribution in [3.05, 3.63) is 0 Å². The second-order valence-electron chi connectivity index (χ2n) is 3.90. The molecule has 1 saturated heterocycles. The monoisotopic (exact) mass is 186 g/mol. The van der Waals surface area contributed by atoms with Crippen molar-refractivity contribution >= 4 is 0 Å². The van der Waals surface area contributed by atoms with E-state index in [1.807, 2.05) is 7.11 Å². The summed E-state index contributed by atoms with van der Waals surface area (Å²) < 4.78 is 5.33. The third-order valence-corrected chi connectivity index (χ3v) is 3.02. The summed E-state index contributed by atoms with van der Waals surface area (Å²) >= 11 is 0. The van der Waals surface area contributed by atoms with Gasteiger partial charge in [0.05, 0.1) is 6.10 Å². The van der Waals surface area contributed by atoms with Crippen molar-refractivity contribution in [2.45, 2.75) is 38.3 Å². The first-order valence-corrected chi connectivity index (χ1v) is 5.24. The van der Waals surface area contributed by atoms with Crippen LogP contribution in [0, 0.1) is 0 Å². The normalized spacial score (nSPS) is 23.3. The molecule has 0 aromatic carbocycles. The Bertz CT molecular complexity index is 133. The average molecular weight is 186 g/mol. The molecule has 0 spiro atoms. The lowest BCUT2D eigenvalue weighted by Crippen LogP contribution is -2.42. The summed E-state index contributed by atoms with van der Waals surface area (Å²) in [6.07, 6.45) is 3.94. The maximum absolute atomic E-state index is 5.54. The first kappa shape index (κ1) is 11.0. The zero-order valence-electron chi connectivity index (χ0n) is 8.83. The van der Waals surface area contributed by atoms with Crippen LogP contribution in [-0.4, -0.2) is 43.8 Å². The number of hydrogen-bond donors (Lipinski definition) is 1. The van der Waals surface area contributed by atoms with Crippen LogP contribution in [0.1, 0.15) is 26.2 Å². The molecule has 0 radical (unpaired) electrons. The third-order valence-electron chi connectivity index (χ3n) is 3.02. The topological polar surface area (TPSA) is 38.5 Å². The quantitative estimate of drug-likeness (QED) is 0.707. The zero-order valence-corrected chi connectivity index (χ0v) is 8.83. The van der Waals surface area contributed by atoms with Crippen LogP contribution in [0.3, 0.4) is 0 Å². The minimum absolute atomic E-state index is 0.487. The molecular weight excluding hydrogens is 164 g/mol. The van der Waals surface area contributed by atoms with Gasteiger partial charge in [-0.2, -0.15) is 0 Å². The number of likely N-dealkylation sites (tertiary alicyclic amines) is 1. The number of nitrogens with zero attached hydrogens (tertiary/aromatic N) is 1. The number of hydrogen-bond acceptors (Lipinski definition) is 3. The molecule has 3 nitrogen and oxygen atoms in total. The molecule has 1 atom stereocenters. The highest BCUT2D eigenvalue weighted by Gasteiger charge is 2.21. The summed E-state index contributed by atoms with van der Waals surface area (Å²) in [6, 6.07) is 0.641. The number of methoxy groups -OCH3 is 1. The van der Waals surface area contributed by atoms with Gasteiger partial charge < -0.3 is 15.4 Å². The molecule has 0 bridgehead atoms. The van der Waals surface area contributed by atoms with Gasteiger partial charge in [-0.3, -0.25) is 0 Å². The van der Waals surface area contributed by atoms with Crippen LogP contribution in [0.25, 0.3) is 0 Å². The van der Waals surface area contributed by atoms with Crippen LogP contribution in [0.4, 0.5) is 0 Å². The zero-order chi connectivity index (χ0) is 9.68. The Morgan fingerprint density at radius 3 is 2.54 bits per heavy atom. The first-order valence-electron chi connectivity index (χ1n) is 5.24. The standard InChI is InChI=1S/C10H22N2O/c1-9(3-6-11)12-7-4-10(13-2)5-8-12/h9-10H,3-8,11H2,1-2H3. The molecule has 0 amide bonds. The van der Waals surface area contributed by atoms with E-state index in [1.54, 1.807) is 0 Å². The Morgan fingerprint density at radius 2 is 2.08 bits per heavy atom. The molecule has 78 valence electrons. The summed E-state index contributed by atoms with van der Waals surface area (Å²) in [5.74, 6) is 0. The molecule has 13 heavy (non-hydrogen) atoms. The predicted octanol–water partition coefficient (Wildman–Crippen LogP) is 0.834. The Labute approximate surface area is 81.2 Å². The lowest BCUT2D eigenvalue weighted by atomic mass is 10.0. The maximum Gasteiger partial charge on any atom is 0.0595 e. The largest absolute Gasteiger partial charge is 0.381 e. The van der Waals surface area contributed by atoms with Gasteiger partial charge in [0.15, 0.2) is 0 Å². The van der Waals surface area contributed by atoms with E-state index in [9.17, 15) is 0 Å². The van der Waals surface area contributed by atoms with Crippen molar-refractivity contribution < 1.29 is 4.74 Å². The molecule has 1 heterocycles. The van der Waals surface area contributed by atoms with Crippen molar-refractivity contribution in [1.82, 2.24) is 4.90 Å². The molecule has 0 saturated carbocycles. The molecule has 1 rings (SSSR count). The van der Waals surface area contributed by atoms with Crippen molar-refractivity contribution in [1.29, 1.82) is 0 Å². The van der Waals surface area contributed by atoms with Gasteiger partial charge in [0.2, 0.25) is 0 Å². The Morgan fingerprint density at radius 1 is 1.46 bits per heavy atom. The molecule has 1 unspecified atom stereocenters. The molecule has 3 heteroatoms. The highest BCUT2D eigenvalue weighted by molar-refractivity contribution is 4.76. The van der Waals surface area contributed by atoms with Crippen LogP contribution in [0.5, 0.6) is 0 Å². The SMILES string of the molecule is COC1CCN(C(C)CCN)CC1. The van der Waals surface area contributed by atoms with E-state index in [1.165, 1.54) is 25.9 Å². The van der Waals surface area contributed by atoms with E-state index in [4.69, 9.17) is 10.5 Å². The molecule has 1 fully saturated rings. The molecule has 2 N–H and O–H groups in total. The fourth-order valence-corrected chi connectivity index (χ4v) is 1.98. The lowest BCUT2D eigenvalue weighted by molar-refractivity contribution is 0.0289. The fourth-order valence-electron chi connectivity index (χ4n) is 1.98. The van der Waals surface area contributed by atoms with E-state index < -0.39 is 0 Å². The molecule has 0 aromatic heterocycles. The predicted molar refractivity (Wildman–Crippen MR) is 54.7 cm³/mol. The number of piperidine rings is 1. The van der Waals surface area contributed by atoms with Crippen molar-refractivity contribution in [3.8, 4) is 0 Å². The molecule has 1 aliphatic heterocycles. The molecular formula is C10H22N2O. The van der Waals surface area contributed by atoms with Gasteiger partial charge in [-0.25, -0.2) is 0 Å². The fraction of sp³-hybridized carbons (Fsp3) is 1.00. The smallest absolute Gasteiger partial charge is 0.0595 e. The van der Waals surface area contributed by atoms with E-state index in [0.29, 0.717) is 12.1 Å². The second kappa shape index (κ2) is 5.58. The Hall–Kier alpha value is -0.120. The summed E-state index contributed by atoms with van der Waals surface area (Å²) in [6.45, 7) is 5.39. The molecule has 0 aromatic rings. The van der Waals surface area contributed by atoms with Crippen LogP contribution in [0.2, 0.25) is 0 Å². The van der Waals surface area contributed by atoms with Crippen LogP contribution < -0.4 is 5.73 Å². The van der Waals surface area contributed by atoms with Gasteiger partial charge in [-0.1, -0.05) is 0 Å². The van der Waals surface area contributed by atoms with Crippen LogP contribution in [-0.2, 0) is 4.74 Å². The highest BCUT2D eigenvalue weighted by Crippen LogP contribution is 2.16.